The smallest absolute Gasteiger partial charge is 0.0388 e. The number of para-hydroxylation sites is 1. The van der Waals surface area contributed by atoms with Gasteiger partial charge in [-0.2, -0.15) is 11.8 Å². The number of thioether (sulfide) groups is 1. The SMILES string of the molecule is CN(C)Cc1ccccc1NC1CSCC(C)(C)C1. The van der Waals surface area contributed by atoms with E-state index in [-0.39, 0.29) is 0 Å². The molecule has 2 nitrogen and oxygen atoms in total. The van der Waals surface area contributed by atoms with Gasteiger partial charge >= 0.3 is 0 Å². The van der Waals surface area contributed by atoms with Crippen LogP contribution in [0.2, 0.25) is 0 Å². The Bertz CT molecular complexity index is 415. The van der Waals surface area contributed by atoms with Gasteiger partial charge in [0.1, 0.15) is 0 Å². The standard InChI is InChI=1S/C16H26N2S/c1-16(2)9-14(11-19-12-16)17-15-8-6-5-7-13(15)10-18(3)4/h5-8,14,17H,9-12H2,1-4H3. The molecule has 0 amide bonds. The Balaban J connectivity index is 2.06. The van der Waals surface area contributed by atoms with E-state index >= 15 is 0 Å². The highest BCUT2D eigenvalue weighted by molar-refractivity contribution is 7.99. The lowest BCUT2D eigenvalue weighted by atomic mass is 9.87. The molecule has 1 aromatic rings. The van der Waals surface area contributed by atoms with Crippen LogP contribution in [0.3, 0.4) is 0 Å². The van der Waals surface area contributed by atoms with Crippen molar-refractivity contribution in [1.82, 2.24) is 4.90 Å². The zero-order valence-corrected chi connectivity index (χ0v) is 13.4. The van der Waals surface area contributed by atoms with Gasteiger partial charge in [0.25, 0.3) is 0 Å². The van der Waals surface area contributed by atoms with Crippen molar-refractivity contribution in [2.45, 2.75) is 32.9 Å². The van der Waals surface area contributed by atoms with Gasteiger partial charge in [0.15, 0.2) is 0 Å². The zero-order chi connectivity index (χ0) is 13.9. The van der Waals surface area contributed by atoms with Crippen LogP contribution < -0.4 is 5.32 Å². The van der Waals surface area contributed by atoms with Crippen molar-refractivity contribution in [2.75, 3.05) is 30.9 Å². The molecule has 0 aliphatic carbocycles. The molecule has 106 valence electrons. The van der Waals surface area contributed by atoms with Gasteiger partial charge in [-0.1, -0.05) is 32.0 Å². The van der Waals surface area contributed by atoms with Crippen molar-refractivity contribution in [3.8, 4) is 0 Å². The van der Waals surface area contributed by atoms with Crippen LogP contribution in [0.25, 0.3) is 0 Å². The van der Waals surface area contributed by atoms with Gasteiger partial charge in [-0.3, -0.25) is 0 Å². The summed E-state index contributed by atoms with van der Waals surface area (Å²) in [5.74, 6) is 2.50. The molecule has 0 radical (unpaired) electrons. The molecule has 1 saturated heterocycles. The molecule has 1 fully saturated rings. The fourth-order valence-electron chi connectivity index (χ4n) is 2.71. The van der Waals surface area contributed by atoms with E-state index in [1.165, 1.54) is 29.2 Å². The first kappa shape index (κ1) is 14.7. The summed E-state index contributed by atoms with van der Waals surface area (Å²) in [6, 6.07) is 9.29. The largest absolute Gasteiger partial charge is 0.381 e. The van der Waals surface area contributed by atoms with Crippen LogP contribution in [-0.4, -0.2) is 36.5 Å². The Kier molecular flexibility index (Phi) is 4.80. The lowest BCUT2D eigenvalue weighted by Gasteiger charge is -2.36. The van der Waals surface area contributed by atoms with Crippen LogP contribution in [0.5, 0.6) is 0 Å². The molecular formula is C16H26N2S. The van der Waals surface area contributed by atoms with E-state index in [2.05, 4.69) is 74.2 Å². The van der Waals surface area contributed by atoms with Gasteiger partial charge in [-0.05, 0) is 43.3 Å². The molecule has 1 aliphatic rings. The lowest BCUT2D eigenvalue weighted by molar-refractivity contribution is 0.357. The Morgan fingerprint density at radius 3 is 2.74 bits per heavy atom. The molecule has 1 unspecified atom stereocenters. The van der Waals surface area contributed by atoms with Crippen LogP contribution >= 0.6 is 11.8 Å². The molecule has 1 N–H and O–H groups in total. The number of nitrogens with zero attached hydrogens (tertiary/aromatic N) is 1. The minimum atomic E-state index is 0.455. The van der Waals surface area contributed by atoms with E-state index in [4.69, 9.17) is 0 Å². The number of rotatable bonds is 4. The normalized spacial score (nSPS) is 22.5. The first-order valence-electron chi connectivity index (χ1n) is 7.03. The third-order valence-electron chi connectivity index (χ3n) is 3.47. The number of hydrogen-bond donors (Lipinski definition) is 1. The maximum Gasteiger partial charge on any atom is 0.0388 e. The van der Waals surface area contributed by atoms with E-state index in [0.717, 1.165) is 6.54 Å². The maximum atomic E-state index is 3.76. The Morgan fingerprint density at radius 1 is 1.32 bits per heavy atom. The summed E-state index contributed by atoms with van der Waals surface area (Å²) >= 11 is 2.08. The van der Waals surface area contributed by atoms with E-state index in [1.54, 1.807) is 0 Å². The van der Waals surface area contributed by atoms with Crippen LogP contribution in [0.15, 0.2) is 24.3 Å². The highest BCUT2D eigenvalue weighted by Gasteiger charge is 2.28. The maximum absolute atomic E-state index is 3.76. The quantitative estimate of drug-likeness (QED) is 0.904. The number of benzene rings is 1. The Morgan fingerprint density at radius 2 is 2.05 bits per heavy atom. The zero-order valence-electron chi connectivity index (χ0n) is 12.6. The first-order chi connectivity index (χ1) is 8.96. The molecule has 2 rings (SSSR count). The van der Waals surface area contributed by atoms with Crippen molar-refractivity contribution in [3.05, 3.63) is 29.8 Å². The first-order valence-corrected chi connectivity index (χ1v) is 8.19. The van der Waals surface area contributed by atoms with E-state index in [1.807, 2.05) is 0 Å². The predicted molar refractivity (Wildman–Crippen MR) is 87.0 cm³/mol. The summed E-state index contributed by atoms with van der Waals surface area (Å²) in [5, 5.41) is 3.76. The average molecular weight is 278 g/mol. The number of hydrogen-bond acceptors (Lipinski definition) is 3. The predicted octanol–water partition coefficient (Wildman–Crippen LogP) is 3.69. The summed E-state index contributed by atoms with van der Waals surface area (Å²) in [6.07, 6.45) is 1.26. The third kappa shape index (κ3) is 4.43. The molecule has 1 heterocycles. The summed E-state index contributed by atoms with van der Waals surface area (Å²) < 4.78 is 0. The second kappa shape index (κ2) is 6.19. The van der Waals surface area contributed by atoms with Gasteiger partial charge in [-0.25, -0.2) is 0 Å². The van der Waals surface area contributed by atoms with Gasteiger partial charge in [0.05, 0.1) is 0 Å². The van der Waals surface area contributed by atoms with Gasteiger partial charge in [-0.15, -0.1) is 0 Å². The van der Waals surface area contributed by atoms with Crippen LogP contribution in [0.4, 0.5) is 5.69 Å². The van der Waals surface area contributed by atoms with Crippen molar-refractivity contribution < 1.29 is 0 Å². The molecule has 1 aromatic carbocycles. The fraction of sp³-hybridized carbons (Fsp3) is 0.625. The topological polar surface area (TPSA) is 15.3 Å². The van der Waals surface area contributed by atoms with Gasteiger partial charge < -0.3 is 10.2 Å². The van der Waals surface area contributed by atoms with Crippen molar-refractivity contribution in [1.29, 1.82) is 0 Å². The average Bonchev–Trinajstić information content (AvgIpc) is 2.30. The highest BCUT2D eigenvalue weighted by Crippen LogP contribution is 2.35. The van der Waals surface area contributed by atoms with Crippen molar-refractivity contribution >= 4 is 17.4 Å². The van der Waals surface area contributed by atoms with Crippen molar-refractivity contribution in [3.63, 3.8) is 0 Å². The summed E-state index contributed by atoms with van der Waals surface area (Å²) in [6.45, 7) is 5.74. The molecule has 0 spiro atoms. The molecular weight excluding hydrogens is 252 g/mol. The number of nitrogens with one attached hydrogen (secondary N) is 1. The Hall–Kier alpha value is -0.670. The second-order valence-electron chi connectivity index (χ2n) is 6.62. The molecule has 1 atom stereocenters. The van der Waals surface area contributed by atoms with Crippen LogP contribution in [0.1, 0.15) is 25.8 Å². The fourth-order valence-corrected chi connectivity index (χ4v) is 3.99. The molecule has 19 heavy (non-hydrogen) atoms. The van der Waals surface area contributed by atoms with Gasteiger partial charge in [0, 0.05) is 24.0 Å². The van der Waals surface area contributed by atoms with E-state index < -0.39 is 0 Å². The summed E-state index contributed by atoms with van der Waals surface area (Å²) in [5.41, 5.74) is 3.15. The summed E-state index contributed by atoms with van der Waals surface area (Å²) in [7, 11) is 4.24. The molecule has 0 aromatic heterocycles. The second-order valence-corrected chi connectivity index (χ2v) is 7.65. The molecule has 0 saturated carbocycles. The van der Waals surface area contributed by atoms with Crippen LogP contribution in [-0.2, 0) is 6.54 Å². The van der Waals surface area contributed by atoms with Crippen LogP contribution in [0, 0.1) is 5.41 Å². The number of anilines is 1. The third-order valence-corrected chi connectivity index (χ3v) is 5.10. The van der Waals surface area contributed by atoms with Gasteiger partial charge in [0.2, 0.25) is 0 Å². The molecule has 3 heteroatoms. The minimum absolute atomic E-state index is 0.455. The van der Waals surface area contributed by atoms with E-state index in [9.17, 15) is 0 Å². The van der Waals surface area contributed by atoms with Crippen molar-refractivity contribution in [2.24, 2.45) is 5.41 Å². The Labute approximate surface area is 122 Å². The van der Waals surface area contributed by atoms with E-state index in [0.29, 0.717) is 11.5 Å². The highest BCUT2D eigenvalue weighted by atomic mass is 32.2. The lowest BCUT2D eigenvalue weighted by Crippen LogP contribution is -2.35. The monoisotopic (exact) mass is 278 g/mol. The minimum Gasteiger partial charge on any atom is -0.381 e. The molecule has 1 aliphatic heterocycles. The molecule has 0 bridgehead atoms. The summed E-state index contributed by atoms with van der Waals surface area (Å²) in [4.78, 5) is 2.22.